The van der Waals surface area contributed by atoms with Gasteiger partial charge in [0.15, 0.2) is 5.82 Å². The number of hydrogen-bond donors (Lipinski definition) is 1. The van der Waals surface area contributed by atoms with Crippen molar-refractivity contribution in [1.82, 2.24) is 39.4 Å². The lowest BCUT2D eigenvalue weighted by atomic mass is 10.1. The molecular weight excluding hydrogens is 528 g/mol. The van der Waals surface area contributed by atoms with Gasteiger partial charge in [-0.05, 0) is 45.1 Å². The molecule has 0 aliphatic carbocycles. The van der Waals surface area contributed by atoms with Crippen LogP contribution in [0.2, 0.25) is 0 Å². The lowest BCUT2D eigenvalue weighted by molar-refractivity contribution is 0.252. The number of aromatic nitrogens is 7. The minimum absolute atomic E-state index is 0.132. The van der Waals surface area contributed by atoms with Crippen molar-refractivity contribution in [3.63, 3.8) is 0 Å². The first-order valence-electron chi connectivity index (χ1n) is 14.6. The highest BCUT2D eigenvalue weighted by molar-refractivity contribution is 5.94. The Morgan fingerprint density at radius 3 is 2.81 bits per heavy atom. The SMILES string of the molecule is CC[C@H]1CCOc2c(cnn2C)-c2nccc(n2)Nc2cc3c(cn2)c(-c2cccc(N4CC[C@@H](N(C)C)C4)c2)nn31. The highest BCUT2D eigenvalue weighted by Gasteiger charge is 2.26. The van der Waals surface area contributed by atoms with Gasteiger partial charge in [0.1, 0.15) is 22.9 Å². The summed E-state index contributed by atoms with van der Waals surface area (Å²) in [6, 6.07) is 13.4. The highest BCUT2D eigenvalue weighted by atomic mass is 16.5. The lowest BCUT2D eigenvalue weighted by Crippen LogP contribution is -2.31. The summed E-state index contributed by atoms with van der Waals surface area (Å²) in [6.45, 7) is 4.79. The monoisotopic (exact) mass is 564 g/mol. The first kappa shape index (κ1) is 26.4. The zero-order chi connectivity index (χ0) is 28.8. The Balaban J connectivity index is 1.31. The van der Waals surface area contributed by atoms with E-state index in [1.165, 1.54) is 12.1 Å². The summed E-state index contributed by atoms with van der Waals surface area (Å²) >= 11 is 0. The van der Waals surface area contributed by atoms with Crippen LogP contribution in [0.5, 0.6) is 5.88 Å². The predicted molar refractivity (Wildman–Crippen MR) is 164 cm³/mol. The number of likely N-dealkylation sites (N-methyl/N-ethyl adjacent to an activating group) is 1. The van der Waals surface area contributed by atoms with E-state index in [1.54, 1.807) is 17.1 Å². The molecule has 0 spiro atoms. The Labute approximate surface area is 245 Å². The van der Waals surface area contributed by atoms with E-state index in [-0.39, 0.29) is 6.04 Å². The van der Waals surface area contributed by atoms with Crippen LogP contribution in [0.1, 0.15) is 32.2 Å². The Morgan fingerprint density at radius 2 is 1.98 bits per heavy atom. The number of hydrogen-bond acceptors (Lipinski definition) is 9. The summed E-state index contributed by atoms with van der Waals surface area (Å²) in [5.41, 5.74) is 5.05. The average Bonchev–Trinajstić information content (AvgIpc) is 3.73. The van der Waals surface area contributed by atoms with E-state index in [0.29, 0.717) is 36.0 Å². The van der Waals surface area contributed by atoms with E-state index in [0.717, 1.165) is 53.7 Å². The van der Waals surface area contributed by atoms with Crippen molar-refractivity contribution in [2.45, 2.75) is 38.3 Å². The number of nitrogens with one attached hydrogen (secondary N) is 1. The quantitative estimate of drug-likeness (QED) is 0.326. The van der Waals surface area contributed by atoms with Gasteiger partial charge >= 0.3 is 0 Å². The fourth-order valence-corrected chi connectivity index (χ4v) is 6.07. The van der Waals surface area contributed by atoms with E-state index < -0.39 is 0 Å². The molecule has 216 valence electrons. The molecule has 42 heavy (non-hydrogen) atoms. The van der Waals surface area contributed by atoms with Gasteiger partial charge < -0.3 is 19.9 Å². The maximum Gasteiger partial charge on any atom is 0.222 e. The number of ether oxygens (including phenoxy) is 1. The summed E-state index contributed by atoms with van der Waals surface area (Å²) in [4.78, 5) is 18.8. The van der Waals surface area contributed by atoms with E-state index in [1.807, 2.05) is 19.3 Å². The van der Waals surface area contributed by atoms with Gasteiger partial charge in [0.05, 0.1) is 24.4 Å². The van der Waals surface area contributed by atoms with Crippen molar-refractivity contribution in [3.8, 4) is 28.5 Å². The molecule has 0 amide bonds. The summed E-state index contributed by atoms with van der Waals surface area (Å²) in [6.07, 6.45) is 8.26. The second-order valence-electron chi connectivity index (χ2n) is 11.4. The van der Waals surface area contributed by atoms with Crippen LogP contribution in [0.3, 0.4) is 0 Å². The summed E-state index contributed by atoms with van der Waals surface area (Å²) in [5.74, 6) is 2.55. The third-order valence-electron chi connectivity index (χ3n) is 8.51. The first-order valence-corrected chi connectivity index (χ1v) is 14.6. The van der Waals surface area contributed by atoms with Crippen LogP contribution >= 0.6 is 0 Å². The molecule has 6 heterocycles. The number of aryl methyl sites for hydroxylation is 1. The van der Waals surface area contributed by atoms with Crippen molar-refractivity contribution in [1.29, 1.82) is 0 Å². The topological polar surface area (TPSA) is 102 Å². The molecule has 5 aromatic rings. The zero-order valence-corrected chi connectivity index (χ0v) is 24.5. The molecule has 0 radical (unpaired) electrons. The minimum atomic E-state index is 0.132. The molecule has 1 fully saturated rings. The van der Waals surface area contributed by atoms with Crippen LogP contribution in [-0.4, -0.2) is 79.2 Å². The molecule has 1 aromatic carbocycles. The van der Waals surface area contributed by atoms with Crippen molar-refractivity contribution in [2.24, 2.45) is 7.05 Å². The Hall–Kier alpha value is -4.51. The van der Waals surface area contributed by atoms with E-state index in [9.17, 15) is 0 Å². The molecule has 7 rings (SSSR count). The van der Waals surface area contributed by atoms with Gasteiger partial charge in [0, 0.05) is 67.7 Å². The number of benzene rings is 1. The number of nitrogens with zero attached hydrogens (tertiary/aromatic N) is 9. The number of fused-ring (bicyclic) bond motifs is 5. The van der Waals surface area contributed by atoms with Gasteiger partial charge in [0.25, 0.3) is 0 Å². The molecule has 2 aliphatic heterocycles. The van der Waals surface area contributed by atoms with Crippen molar-refractivity contribution in [2.75, 3.05) is 44.0 Å². The lowest BCUT2D eigenvalue weighted by Gasteiger charge is -2.22. The summed E-state index contributed by atoms with van der Waals surface area (Å²) < 4.78 is 10.2. The predicted octanol–water partition coefficient (Wildman–Crippen LogP) is 4.91. The summed E-state index contributed by atoms with van der Waals surface area (Å²) in [5, 5.41) is 14.1. The van der Waals surface area contributed by atoms with Crippen LogP contribution in [0, 0.1) is 0 Å². The van der Waals surface area contributed by atoms with Crippen LogP contribution < -0.4 is 15.0 Å². The molecule has 1 N–H and O–H groups in total. The molecule has 4 bridgehead atoms. The van der Waals surface area contributed by atoms with Gasteiger partial charge in [0.2, 0.25) is 5.88 Å². The molecule has 0 unspecified atom stereocenters. The number of rotatable bonds is 4. The van der Waals surface area contributed by atoms with Gasteiger partial charge in [-0.1, -0.05) is 19.1 Å². The van der Waals surface area contributed by atoms with Crippen molar-refractivity contribution in [3.05, 3.63) is 55.0 Å². The van der Waals surface area contributed by atoms with Gasteiger partial charge in [-0.25, -0.2) is 19.6 Å². The van der Waals surface area contributed by atoms with E-state index in [4.69, 9.17) is 19.8 Å². The van der Waals surface area contributed by atoms with Gasteiger partial charge in [-0.15, -0.1) is 0 Å². The standard InChI is InChI=1S/C31H36N10O/c1-5-21-11-14-42-31-25(18-34-39(31)4)30-32-12-9-27(36-30)35-28-16-26-24(17-33-28)29(37-41(21)26)20-7-6-8-22(15-20)40-13-10-23(19-40)38(2)3/h6-9,12,15-18,21,23H,5,10-11,13-14,19H2,1-4H3,(H,32,33,35,36)/t21-,23+/m0/s1. The van der Waals surface area contributed by atoms with Crippen molar-refractivity contribution < 1.29 is 4.74 Å². The van der Waals surface area contributed by atoms with Crippen LogP contribution in [0.4, 0.5) is 17.3 Å². The van der Waals surface area contributed by atoms with E-state index in [2.05, 4.69) is 81.2 Å². The second-order valence-corrected chi connectivity index (χ2v) is 11.4. The Bertz CT molecular complexity index is 1740. The van der Waals surface area contributed by atoms with Crippen LogP contribution in [0.15, 0.2) is 55.0 Å². The van der Waals surface area contributed by atoms with Crippen LogP contribution in [-0.2, 0) is 7.05 Å². The fraction of sp³-hybridized carbons (Fsp3) is 0.387. The molecule has 2 atom stereocenters. The average molecular weight is 565 g/mol. The molecular formula is C31H36N10O. The molecule has 0 saturated carbocycles. The first-order chi connectivity index (χ1) is 20.5. The molecule has 4 aromatic heterocycles. The molecule has 11 nitrogen and oxygen atoms in total. The van der Waals surface area contributed by atoms with Gasteiger partial charge in [-0.3, -0.25) is 4.68 Å². The third-order valence-corrected chi connectivity index (χ3v) is 8.51. The molecule has 2 aliphatic rings. The number of anilines is 3. The Kier molecular flexibility index (Phi) is 6.73. The maximum absolute atomic E-state index is 6.31. The zero-order valence-electron chi connectivity index (χ0n) is 24.5. The van der Waals surface area contributed by atoms with Gasteiger partial charge in [-0.2, -0.15) is 10.2 Å². The van der Waals surface area contributed by atoms with E-state index >= 15 is 0 Å². The third kappa shape index (κ3) is 4.73. The number of pyridine rings is 1. The fourth-order valence-electron chi connectivity index (χ4n) is 6.07. The second kappa shape index (κ2) is 10.7. The maximum atomic E-state index is 6.31. The molecule has 1 saturated heterocycles. The normalized spacial score (nSPS) is 18.6. The Morgan fingerprint density at radius 1 is 1.07 bits per heavy atom. The molecule has 11 heteroatoms. The minimum Gasteiger partial charge on any atom is -0.477 e. The summed E-state index contributed by atoms with van der Waals surface area (Å²) in [7, 11) is 6.20. The van der Waals surface area contributed by atoms with Crippen molar-refractivity contribution >= 4 is 28.2 Å². The van der Waals surface area contributed by atoms with Crippen LogP contribution in [0.25, 0.3) is 33.5 Å². The largest absolute Gasteiger partial charge is 0.477 e. The highest BCUT2D eigenvalue weighted by Crippen LogP contribution is 2.36. The smallest absolute Gasteiger partial charge is 0.222 e.